The summed E-state index contributed by atoms with van der Waals surface area (Å²) in [6.45, 7) is 4.49. The summed E-state index contributed by atoms with van der Waals surface area (Å²) in [6, 6.07) is 6.72. The van der Waals surface area contributed by atoms with E-state index >= 15 is 0 Å². The van der Waals surface area contributed by atoms with Crippen molar-refractivity contribution in [2.45, 2.75) is 43.9 Å². The second kappa shape index (κ2) is 9.49. The molecule has 1 unspecified atom stereocenters. The zero-order chi connectivity index (χ0) is 21.7. The Hall–Kier alpha value is -2.58. The van der Waals surface area contributed by atoms with E-state index in [-0.39, 0.29) is 6.04 Å². The molecule has 1 aromatic heterocycles. The van der Waals surface area contributed by atoms with Crippen LogP contribution in [0.4, 0.5) is 10.1 Å². The van der Waals surface area contributed by atoms with E-state index in [1.807, 2.05) is 6.92 Å². The van der Waals surface area contributed by atoms with Crippen molar-refractivity contribution in [3.63, 3.8) is 0 Å². The highest BCUT2D eigenvalue weighted by Gasteiger charge is 2.47. The molecule has 160 valence electrons. The van der Waals surface area contributed by atoms with Gasteiger partial charge in [0.05, 0.1) is 0 Å². The lowest BCUT2D eigenvalue weighted by Gasteiger charge is -2.41. The first kappa shape index (κ1) is 22.1. The molecule has 2 aromatic rings. The Morgan fingerprint density at radius 2 is 1.83 bits per heavy atom. The van der Waals surface area contributed by atoms with Gasteiger partial charge in [0.2, 0.25) is 0 Å². The third-order valence-corrected chi connectivity index (χ3v) is 5.45. The number of benzene rings is 1. The zero-order valence-corrected chi connectivity index (χ0v) is 17.6. The van der Waals surface area contributed by atoms with Gasteiger partial charge in [-0.15, -0.1) is 0 Å². The van der Waals surface area contributed by atoms with Crippen molar-refractivity contribution in [2.24, 2.45) is 0 Å². The lowest BCUT2D eigenvalue weighted by Crippen LogP contribution is -2.60. The quantitative estimate of drug-likeness (QED) is 0.707. The first-order valence-electron chi connectivity index (χ1n) is 9.67. The molecule has 0 spiro atoms. The third-order valence-electron chi connectivity index (χ3n) is 5.27. The molecule has 2 amide bonds. The zero-order valence-electron chi connectivity index (χ0n) is 16.8. The third kappa shape index (κ3) is 4.60. The molecule has 1 aliphatic rings. The molecule has 1 N–H and O–H groups in total. The molecule has 0 bridgehead atoms. The number of carbonyl (C=O) groups excluding carboxylic acids is 2. The number of hydrogen-bond donors (Lipinski definition) is 1. The van der Waals surface area contributed by atoms with Gasteiger partial charge in [0.15, 0.2) is 5.54 Å². The van der Waals surface area contributed by atoms with E-state index in [4.69, 9.17) is 16.3 Å². The number of alkyl halides is 2. The number of nitrogens with zero attached hydrogens (tertiary/aromatic N) is 3. The number of ether oxygens (including phenoxy) is 1. The van der Waals surface area contributed by atoms with Crippen LogP contribution in [0.25, 0.3) is 0 Å². The van der Waals surface area contributed by atoms with Crippen LogP contribution >= 0.6 is 11.6 Å². The SMILES string of the molecule is Cc1ccc(N(C(=O)[C@H](F)Cl)C(C)(C(=O)NC2CCOCC2)c2cncnc2)cc1. The van der Waals surface area contributed by atoms with Crippen molar-refractivity contribution >= 4 is 29.1 Å². The Bertz CT molecular complexity index is 876. The van der Waals surface area contributed by atoms with Gasteiger partial charge in [-0.2, -0.15) is 0 Å². The number of amides is 2. The first-order valence-corrected chi connectivity index (χ1v) is 10.1. The molecule has 0 saturated carbocycles. The Balaban J connectivity index is 2.10. The van der Waals surface area contributed by atoms with Gasteiger partial charge in [-0.05, 0) is 38.8 Å². The number of aryl methyl sites for hydroxylation is 1. The average Bonchev–Trinajstić information content (AvgIpc) is 2.76. The van der Waals surface area contributed by atoms with Crippen molar-refractivity contribution in [1.82, 2.24) is 15.3 Å². The first-order chi connectivity index (χ1) is 14.3. The monoisotopic (exact) mass is 434 g/mol. The van der Waals surface area contributed by atoms with Gasteiger partial charge >= 0.3 is 0 Å². The minimum absolute atomic E-state index is 0.123. The summed E-state index contributed by atoms with van der Waals surface area (Å²) >= 11 is 5.56. The van der Waals surface area contributed by atoms with Crippen molar-refractivity contribution in [3.8, 4) is 0 Å². The van der Waals surface area contributed by atoms with Crippen LogP contribution in [-0.4, -0.2) is 46.7 Å². The molecule has 1 fully saturated rings. The van der Waals surface area contributed by atoms with Gasteiger partial charge in [0, 0.05) is 42.9 Å². The Morgan fingerprint density at radius 1 is 1.23 bits per heavy atom. The summed E-state index contributed by atoms with van der Waals surface area (Å²) in [6.07, 6.45) is 5.48. The van der Waals surface area contributed by atoms with E-state index in [0.29, 0.717) is 37.3 Å². The number of hydrogen-bond acceptors (Lipinski definition) is 5. The fourth-order valence-corrected chi connectivity index (χ4v) is 3.57. The topological polar surface area (TPSA) is 84.4 Å². The number of carbonyl (C=O) groups is 2. The molecule has 2 atom stereocenters. The average molecular weight is 435 g/mol. The van der Waals surface area contributed by atoms with Gasteiger partial charge in [-0.3, -0.25) is 14.5 Å². The molecule has 1 aliphatic heterocycles. The molecule has 30 heavy (non-hydrogen) atoms. The van der Waals surface area contributed by atoms with Gasteiger partial charge in [0.25, 0.3) is 17.4 Å². The number of nitrogens with one attached hydrogen (secondary N) is 1. The van der Waals surface area contributed by atoms with Gasteiger partial charge in [0.1, 0.15) is 6.33 Å². The molecule has 1 saturated heterocycles. The Kier molecular flexibility index (Phi) is 6.99. The highest BCUT2D eigenvalue weighted by Crippen LogP contribution is 2.35. The lowest BCUT2D eigenvalue weighted by molar-refractivity contribution is -0.132. The predicted molar refractivity (Wildman–Crippen MR) is 111 cm³/mol. The van der Waals surface area contributed by atoms with Gasteiger partial charge < -0.3 is 10.1 Å². The molecule has 9 heteroatoms. The molecule has 7 nitrogen and oxygen atoms in total. The lowest BCUT2D eigenvalue weighted by atomic mass is 9.89. The van der Waals surface area contributed by atoms with Crippen LogP contribution in [0, 0.1) is 6.92 Å². The molecule has 3 rings (SSSR count). The Morgan fingerprint density at radius 3 is 2.40 bits per heavy atom. The number of rotatable bonds is 6. The summed E-state index contributed by atoms with van der Waals surface area (Å²) in [7, 11) is 0. The minimum atomic E-state index is -2.33. The van der Waals surface area contributed by atoms with Crippen LogP contribution < -0.4 is 10.2 Å². The Labute approximate surface area is 179 Å². The van der Waals surface area contributed by atoms with Crippen molar-refractivity contribution < 1.29 is 18.7 Å². The van der Waals surface area contributed by atoms with E-state index < -0.39 is 23.0 Å². The normalized spacial score (nSPS) is 17.6. The second-order valence-electron chi connectivity index (χ2n) is 7.37. The molecule has 0 aliphatic carbocycles. The van der Waals surface area contributed by atoms with Crippen LogP contribution in [-0.2, 0) is 19.9 Å². The van der Waals surface area contributed by atoms with Crippen LogP contribution in [0.2, 0.25) is 0 Å². The van der Waals surface area contributed by atoms with Crippen molar-refractivity contribution in [3.05, 3.63) is 54.1 Å². The van der Waals surface area contributed by atoms with E-state index in [9.17, 15) is 14.0 Å². The van der Waals surface area contributed by atoms with Crippen molar-refractivity contribution in [2.75, 3.05) is 18.1 Å². The maximum Gasteiger partial charge on any atom is 0.278 e. The summed E-state index contributed by atoms with van der Waals surface area (Å²) < 4.78 is 19.4. The number of anilines is 1. The summed E-state index contributed by atoms with van der Waals surface area (Å²) in [5.74, 6) is -1.52. The largest absolute Gasteiger partial charge is 0.381 e. The molecule has 0 radical (unpaired) electrons. The van der Waals surface area contributed by atoms with Gasteiger partial charge in [-0.25, -0.2) is 14.4 Å². The van der Waals surface area contributed by atoms with E-state index in [0.717, 1.165) is 10.5 Å². The molecule has 2 heterocycles. The van der Waals surface area contributed by atoms with Crippen LogP contribution in [0.15, 0.2) is 43.0 Å². The van der Waals surface area contributed by atoms with Gasteiger partial charge in [-0.1, -0.05) is 29.3 Å². The van der Waals surface area contributed by atoms with E-state index in [1.54, 1.807) is 24.3 Å². The molecular weight excluding hydrogens is 411 g/mol. The summed E-state index contributed by atoms with van der Waals surface area (Å²) in [5, 5.41) is 2.98. The maximum absolute atomic E-state index is 14.1. The standard InChI is InChI=1S/C21H24ClFN4O3/c1-14-3-5-17(6-4-14)27(19(28)18(22)23)21(2,15-11-24-13-25-12-15)20(29)26-16-7-9-30-10-8-16/h3-6,11-13,16,18H,7-10H2,1-2H3,(H,26,29)/t18-,21?/m0/s1. The van der Waals surface area contributed by atoms with Crippen LogP contribution in [0.5, 0.6) is 0 Å². The number of halogens is 2. The van der Waals surface area contributed by atoms with Crippen LogP contribution in [0.1, 0.15) is 30.9 Å². The fourth-order valence-electron chi connectivity index (χ4n) is 3.48. The summed E-state index contributed by atoms with van der Waals surface area (Å²) in [4.78, 5) is 35.6. The molecule has 1 aromatic carbocycles. The van der Waals surface area contributed by atoms with E-state index in [1.165, 1.54) is 25.6 Å². The maximum atomic E-state index is 14.1. The number of aromatic nitrogens is 2. The predicted octanol–water partition coefficient (Wildman–Crippen LogP) is 2.86. The smallest absolute Gasteiger partial charge is 0.278 e. The summed E-state index contributed by atoms with van der Waals surface area (Å²) in [5.41, 5.74) is -2.34. The minimum Gasteiger partial charge on any atom is -0.381 e. The highest BCUT2D eigenvalue weighted by molar-refractivity contribution is 6.32. The van der Waals surface area contributed by atoms with Crippen LogP contribution in [0.3, 0.4) is 0 Å². The second-order valence-corrected chi connectivity index (χ2v) is 7.75. The fraction of sp³-hybridized carbons (Fsp3) is 0.429. The highest BCUT2D eigenvalue weighted by atomic mass is 35.5. The van der Waals surface area contributed by atoms with E-state index in [2.05, 4.69) is 15.3 Å². The molecular formula is C21H24ClFN4O3. The van der Waals surface area contributed by atoms with Crippen molar-refractivity contribution in [1.29, 1.82) is 0 Å².